The Labute approximate surface area is 191 Å². The number of rotatable bonds is 8. The summed E-state index contributed by atoms with van der Waals surface area (Å²) in [7, 11) is -3.84. The van der Waals surface area contributed by atoms with E-state index >= 15 is 0 Å². The molecule has 2 aromatic rings. The Kier molecular flexibility index (Phi) is 7.96. The number of nitrogens with zero attached hydrogens (tertiary/aromatic N) is 2. The molecule has 11 heteroatoms. The number of aromatic nitrogens is 1. The highest BCUT2D eigenvalue weighted by Crippen LogP contribution is 2.25. The molecule has 174 valence electrons. The van der Waals surface area contributed by atoms with Gasteiger partial charge in [0.05, 0.1) is 10.8 Å². The fourth-order valence-corrected chi connectivity index (χ4v) is 5.63. The van der Waals surface area contributed by atoms with Crippen LogP contribution < -0.4 is 10.6 Å². The lowest BCUT2D eigenvalue weighted by atomic mass is 9.95. The molecule has 0 aliphatic carbocycles. The van der Waals surface area contributed by atoms with Gasteiger partial charge in [-0.3, -0.25) is 9.59 Å². The number of sulfonamides is 1. The lowest BCUT2D eigenvalue weighted by Gasteiger charge is -2.32. The zero-order valence-electron chi connectivity index (χ0n) is 18.0. The molecular weight excluding hydrogens is 455 g/mol. The van der Waals surface area contributed by atoms with Crippen LogP contribution >= 0.6 is 11.3 Å². The molecule has 1 aromatic heterocycles. The largest absolute Gasteiger partial charge is 0.344 e. The number of carbonyl (C=O) groups is 2. The molecule has 0 saturated carbocycles. The van der Waals surface area contributed by atoms with Crippen LogP contribution in [0.5, 0.6) is 0 Å². The maximum Gasteiger partial charge on any atom is 0.249 e. The first-order valence-electron chi connectivity index (χ1n) is 10.5. The number of thiazole rings is 1. The van der Waals surface area contributed by atoms with Crippen LogP contribution in [0.15, 0.2) is 40.7 Å². The van der Waals surface area contributed by atoms with Crippen molar-refractivity contribution < 1.29 is 22.4 Å². The van der Waals surface area contributed by atoms with E-state index in [0.29, 0.717) is 24.4 Å². The molecule has 2 amide bonds. The SMILES string of the molecule is CC[C@@H](C)[C@H](NC(=O)[C@@H]1CCCN(S(=O)(=O)c2ccc(F)cc2)C1)C(=O)Nc1nccs1. The average molecular weight is 483 g/mol. The first-order chi connectivity index (χ1) is 15.2. The van der Waals surface area contributed by atoms with Crippen molar-refractivity contribution in [2.24, 2.45) is 11.8 Å². The Hall–Kier alpha value is -2.37. The Morgan fingerprint density at radius 2 is 2.03 bits per heavy atom. The summed E-state index contributed by atoms with van der Waals surface area (Å²) in [6.07, 6.45) is 3.28. The van der Waals surface area contributed by atoms with Crippen LogP contribution in [0.1, 0.15) is 33.1 Å². The third-order valence-electron chi connectivity index (χ3n) is 5.66. The van der Waals surface area contributed by atoms with E-state index in [2.05, 4.69) is 15.6 Å². The smallest absolute Gasteiger partial charge is 0.249 e. The quantitative estimate of drug-likeness (QED) is 0.602. The summed E-state index contributed by atoms with van der Waals surface area (Å²) >= 11 is 1.28. The minimum Gasteiger partial charge on any atom is -0.344 e. The van der Waals surface area contributed by atoms with Crippen LogP contribution in [0.25, 0.3) is 0 Å². The molecule has 0 spiro atoms. The van der Waals surface area contributed by atoms with Crippen molar-refractivity contribution in [3.63, 3.8) is 0 Å². The molecule has 8 nitrogen and oxygen atoms in total. The molecule has 32 heavy (non-hydrogen) atoms. The van der Waals surface area contributed by atoms with E-state index in [9.17, 15) is 22.4 Å². The normalized spacial score (nSPS) is 19.2. The van der Waals surface area contributed by atoms with Crippen molar-refractivity contribution in [3.05, 3.63) is 41.7 Å². The van der Waals surface area contributed by atoms with Gasteiger partial charge in [0, 0.05) is 24.7 Å². The molecule has 1 aliphatic heterocycles. The molecule has 2 N–H and O–H groups in total. The number of hydrogen-bond donors (Lipinski definition) is 2. The van der Waals surface area contributed by atoms with Gasteiger partial charge in [0.25, 0.3) is 0 Å². The van der Waals surface area contributed by atoms with Crippen LogP contribution in [0.4, 0.5) is 9.52 Å². The maximum absolute atomic E-state index is 13.2. The molecule has 0 unspecified atom stereocenters. The standard InChI is InChI=1S/C21H27FN4O4S2/c1-3-14(2)18(20(28)25-21-23-10-12-31-21)24-19(27)15-5-4-11-26(13-15)32(29,30)17-8-6-16(22)7-9-17/h6-10,12,14-15,18H,3-5,11,13H2,1-2H3,(H,24,27)(H,23,25,28)/t14-,15-,18+/m1/s1. The first-order valence-corrected chi connectivity index (χ1v) is 12.8. The molecule has 0 bridgehead atoms. The van der Waals surface area contributed by atoms with Crippen LogP contribution in [0.2, 0.25) is 0 Å². The third-order valence-corrected chi connectivity index (χ3v) is 8.23. The number of anilines is 1. The van der Waals surface area contributed by atoms with Gasteiger partial charge in [0.2, 0.25) is 21.8 Å². The minimum atomic E-state index is -3.84. The number of hydrogen-bond acceptors (Lipinski definition) is 6. The predicted molar refractivity (Wildman–Crippen MR) is 120 cm³/mol. The van der Waals surface area contributed by atoms with Gasteiger partial charge in [-0.2, -0.15) is 4.31 Å². The number of benzene rings is 1. The summed E-state index contributed by atoms with van der Waals surface area (Å²) in [5, 5.41) is 7.74. The number of carbonyl (C=O) groups excluding carboxylic acids is 2. The van der Waals surface area contributed by atoms with Crippen molar-refractivity contribution >= 4 is 38.3 Å². The van der Waals surface area contributed by atoms with E-state index in [4.69, 9.17) is 0 Å². The Balaban J connectivity index is 1.69. The summed E-state index contributed by atoms with van der Waals surface area (Å²) < 4.78 is 40.3. The highest BCUT2D eigenvalue weighted by atomic mass is 32.2. The van der Waals surface area contributed by atoms with E-state index in [1.54, 1.807) is 11.6 Å². The van der Waals surface area contributed by atoms with Crippen molar-refractivity contribution in [3.8, 4) is 0 Å². The van der Waals surface area contributed by atoms with E-state index in [1.165, 1.54) is 27.8 Å². The zero-order valence-corrected chi connectivity index (χ0v) is 19.6. The maximum atomic E-state index is 13.2. The van der Waals surface area contributed by atoms with Crippen molar-refractivity contribution in [1.82, 2.24) is 14.6 Å². The third kappa shape index (κ3) is 5.70. The fraction of sp³-hybridized carbons (Fsp3) is 0.476. The monoisotopic (exact) mass is 482 g/mol. The molecule has 1 saturated heterocycles. The second-order valence-electron chi connectivity index (χ2n) is 7.85. The Bertz CT molecular complexity index is 1030. The second kappa shape index (κ2) is 10.5. The molecule has 1 aromatic carbocycles. The topological polar surface area (TPSA) is 108 Å². The average Bonchev–Trinajstić information content (AvgIpc) is 3.30. The molecule has 0 radical (unpaired) electrons. The summed E-state index contributed by atoms with van der Waals surface area (Å²) in [5.41, 5.74) is 0. The van der Waals surface area contributed by atoms with Crippen molar-refractivity contribution in [1.29, 1.82) is 0 Å². The number of nitrogens with one attached hydrogen (secondary N) is 2. The zero-order chi connectivity index (χ0) is 23.3. The molecular formula is C21H27FN4O4S2. The summed E-state index contributed by atoms with van der Waals surface area (Å²) in [6, 6.07) is 3.87. The lowest BCUT2D eigenvalue weighted by Crippen LogP contribution is -2.52. The van der Waals surface area contributed by atoms with E-state index in [-0.39, 0.29) is 35.7 Å². The van der Waals surface area contributed by atoms with Crippen molar-refractivity contribution in [2.75, 3.05) is 18.4 Å². The van der Waals surface area contributed by atoms with Gasteiger partial charge in [-0.25, -0.2) is 17.8 Å². The Morgan fingerprint density at radius 1 is 1.31 bits per heavy atom. The van der Waals surface area contributed by atoms with Crippen LogP contribution in [-0.2, 0) is 19.6 Å². The van der Waals surface area contributed by atoms with Gasteiger partial charge in [0.15, 0.2) is 5.13 Å². The summed E-state index contributed by atoms with van der Waals surface area (Å²) in [6.45, 7) is 4.09. The molecule has 2 heterocycles. The van der Waals surface area contributed by atoms with Gasteiger partial charge in [-0.15, -0.1) is 11.3 Å². The van der Waals surface area contributed by atoms with E-state index in [0.717, 1.165) is 12.1 Å². The van der Waals surface area contributed by atoms with Gasteiger partial charge < -0.3 is 10.6 Å². The van der Waals surface area contributed by atoms with Crippen molar-refractivity contribution in [2.45, 2.75) is 44.0 Å². The van der Waals surface area contributed by atoms with E-state index in [1.807, 2.05) is 13.8 Å². The van der Waals surface area contributed by atoms with Gasteiger partial charge in [-0.1, -0.05) is 20.3 Å². The van der Waals surface area contributed by atoms with Gasteiger partial charge >= 0.3 is 0 Å². The van der Waals surface area contributed by atoms with Gasteiger partial charge in [-0.05, 0) is 43.0 Å². The second-order valence-corrected chi connectivity index (χ2v) is 10.7. The van der Waals surface area contributed by atoms with E-state index < -0.39 is 27.8 Å². The minimum absolute atomic E-state index is 0.00681. The van der Waals surface area contributed by atoms with Crippen LogP contribution in [0.3, 0.4) is 0 Å². The predicted octanol–water partition coefficient (Wildman–Crippen LogP) is 2.85. The molecule has 3 atom stereocenters. The van der Waals surface area contributed by atoms with Crippen LogP contribution in [-0.4, -0.2) is 48.7 Å². The summed E-state index contributed by atoms with van der Waals surface area (Å²) in [4.78, 5) is 29.8. The van der Waals surface area contributed by atoms with Crippen LogP contribution in [0, 0.1) is 17.7 Å². The van der Waals surface area contributed by atoms with Gasteiger partial charge in [0.1, 0.15) is 11.9 Å². The number of piperidine rings is 1. The lowest BCUT2D eigenvalue weighted by molar-refractivity contribution is -0.131. The number of amides is 2. The molecule has 1 fully saturated rings. The summed E-state index contributed by atoms with van der Waals surface area (Å²) in [5.74, 6) is -1.94. The molecule has 1 aliphatic rings. The first kappa shape index (κ1) is 24.3. The highest BCUT2D eigenvalue weighted by molar-refractivity contribution is 7.89. The Morgan fingerprint density at radius 3 is 2.66 bits per heavy atom. The highest BCUT2D eigenvalue weighted by Gasteiger charge is 2.35. The number of halogens is 1. The molecule has 3 rings (SSSR count). The fourth-order valence-electron chi connectivity index (χ4n) is 3.57.